The molecule has 0 spiro atoms. The lowest BCUT2D eigenvalue weighted by Gasteiger charge is -2.28. The average Bonchev–Trinajstić information content (AvgIpc) is 3.16. The number of hydrogen-bond acceptors (Lipinski definition) is 9. The molecular formula is C19H21F6N5O6P2S. The number of ether oxygens (including phenoxy) is 2. The van der Waals surface area contributed by atoms with Crippen LogP contribution < -0.4 is 10.5 Å². The highest BCUT2D eigenvalue weighted by atomic mass is 32.2. The number of nitrogens with zero attached hydrogens (tertiary/aromatic N) is 4. The zero-order valence-electron chi connectivity index (χ0n) is 19.8. The topological polar surface area (TPSA) is 163 Å². The Morgan fingerprint density at radius 2 is 1.59 bits per heavy atom. The Morgan fingerprint density at radius 1 is 1.03 bits per heavy atom. The minimum atomic E-state index is -5.79. The number of nitrogen functional groups attached to an aromatic ring is 1. The molecule has 4 N–H and O–H groups in total. The van der Waals surface area contributed by atoms with Gasteiger partial charge >= 0.3 is 12.4 Å². The second kappa shape index (κ2) is 11.6. The van der Waals surface area contributed by atoms with Crippen LogP contribution in [0.1, 0.15) is 0 Å². The third kappa shape index (κ3) is 8.56. The van der Waals surface area contributed by atoms with Crippen LogP contribution in [0, 0.1) is 0 Å². The molecule has 3 aromatic rings. The van der Waals surface area contributed by atoms with Crippen LogP contribution in [0.15, 0.2) is 40.5 Å². The third-order valence-electron chi connectivity index (χ3n) is 4.82. The maximum Gasteiger partial charge on any atom is 0.398 e. The predicted molar refractivity (Wildman–Crippen MR) is 128 cm³/mol. The van der Waals surface area contributed by atoms with E-state index in [1.54, 1.807) is 24.3 Å². The average molecular weight is 623 g/mol. The highest BCUT2D eigenvalue weighted by molar-refractivity contribution is 7.99. The number of alkyl halides is 6. The molecule has 0 aliphatic rings. The number of imidazole rings is 1. The van der Waals surface area contributed by atoms with Gasteiger partial charge in [-0.1, -0.05) is 11.8 Å². The summed E-state index contributed by atoms with van der Waals surface area (Å²) >= 11 is 1.16. The number of nitrogens with two attached hydrogens (primary N) is 1. The number of fused-ring (bicyclic) bond motifs is 1. The number of benzene rings is 1. The maximum atomic E-state index is 12.8. The smallest absolute Gasteiger partial charge is 0.398 e. The van der Waals surface area contributed by atoms with E-state index in [1.165, 1.54) is 18.0 Å². The van der Waals surface area contributed by atoms with Gasteiger partial charge < -0.3 is 29.6 Å². The molecule has 0 saturated carbocycles. The summed E-state index contributed by atoms with van der Waals surface area (Å²) in [5.41, 5.74) is 2.98. The van der Waals surface area contributed by atoms with Crippen molar-refractivity contribution in [2.45, 2.75) is 34.4 Å². The Morgan fingerprint density at radius 3 is 2.10 bits per heavy atom. The fourth-order valence-electron chi connectivity index (χ4n) is 3.37. The highest BCUT2D eigenvalue weighted by Gasteiger charge is 2.54. The molecule has 0 aliphatic heterocycles. The number of anilines is 1. The molecule has 1 aromatic carbocycles. The predicted octanol–water partition coefficient (Wildman–Crippen LogP) is 4.53. The Bertz CT molecular complexity index is 1370. The molecule has 0 aliphatic carbocycles. The summed E-state index contributed by atoms with van der Waals surface area (Å²) in [4.78, 5) is 32.8. The summed E-state index contributed by atoms with van der Waals surface area (Å²) in [6, 6.07) is 6.88. The first kappa shape index (κ1) is 31.2. The summed E-state index contributed by atoms with van der Waals surface area (Å²) in [6.07, 6.45) is -14.5. The second-order valence-corrected chi connectivity index (χ2v) is 14.1. The highest BCUT2D eigenvalue weighted by Crippen LogP contribution is 2.67. The molecule has 0 saturated heterocycles. The van der Waals surface area contributed by atoms with E-state index in [0.29, 0.717) is 10.8 Å². The normalized spacial score (nSPS) is 16.5. The van der Waals surface area contributed by atoms with Crippen LogP contribution in [0.3, 0.4) is 0 Å². The van der Waals surface area contributed by atoms with Gasteiger partial charge in [-0.2, -0.15) is 31.3 Å². The van der Waals surface area contributed by atoms with Gasteiger partial charge in [0.05, 0.1) is 20.0 Å². The van der Waals surface area contributed by atoms with Gasteiger partial charge in [-0.05, 0) is 24.3 Å². The second-order valence-electron chi connectivity index (χ2n) is 8.03. The first-order chi connectivity index (χ1) is 17.9. The van der Waals surface area contributed by atoms with E-state index >= 15 is 0 Å². The lowest BCUT2D eigenvalue weighted by molar-refractivity contribution is -0.108. The standard InChI is InChI=1S/C19H21F6N5O6P2S/c1-35-11-2-4-12(5-3-11)39-15-13-14(28-16(26)29-15)30(10-27-13)6-7-36-17(37(31,32)8-18(20,21)22)38(33,34)9-19(23,24)25/h2-5,10,17H,6-9H2,1H3,(H,31,32)(H,33,34)(H2,26,28,29). The molecule has 0 amide bonds. The van der Waals surface area contributed by atoms with Crippen LogP contribution in [-0.4, -0.2) is 73.3 Å². The number of methoxy groups -OCH3 is 1. The summed E-state index contributed by atoms with van der Waals surface area (Å²) < 4.78 is 113. The first-order valence-electron chi connectivity index (χ1n) is 10.6. The van der Waals surface area contributed by atoms with Gasteiger partial charge in [0.1, 0.15) is 28.6 Å². The van der Waals surface area contributed by atoms with Crippen LogP contribution in [0.4, 0.5) is 32.3 Å². The van der Waals surface area contributed by atoms with Crippen molar-refractivity contribution in [2.24, 2.45) is 0 Å². The zero-order chi connectivity index (χ0) is 29.2. The summed E-state index contributed by atoms with van der Waals surface area (Å²) in [7, 11) is -10.1. The van der Waals surface area contributed by atoms with Gasteiger partial charge in [0.25, 0.3) is 0 Å². The molecule has 2 aromatic heterocycles. The molecule has 0 radical (unpaired) electrons. The van der Waals surface area contributed by atoms with Crippen molar-refractivity contribution in [2.75, 3.05) is 31.8 Å². The van der Waals surface area contributed by atoms with Crippen LogP contribution in [0.25, 0.3) is 11.2 Å². The van der Waals surface area contributed by atoms with Gasteiger partial charge in [-0.3, -0.25) is 9.13 Å². The molecular weight excluding hydrogens is 602 g/mol. The molecule has 2 unspecified atom stereocenters. The van der Waals surface area contributed by atoms with Crippen molar-refractivity contribution in [3.05, 3.63) is 30.6 Å². The van der Waals surface area contributed by atoms with Crippen molar-refractivity contribution in [3.63, 3.8) is 0 Å². The van der Waals surface area contributed by atoms with Crippen molar-refractivity contribution >= 4 is 43.6 Å². The Balaban J connectivity index is 1.84. The van der Waals surface area contributed by atoms with E-state index in [0.717, 1.165) is 16.7 Å². The molecule has 11 nitrogen and oxygen atoms in total. The number of rotatable bonds is 11. The van der Waals surface area contributed by atoms with E-state index in [-0.39, 0.29) is 17.1 Å². The van der Waals surface area contributed by atoms with Gasteiger partial charge in [0.15, 0.2) is 5.65 Å². The Labute approximate surface area is 220 Å². The van der Waals surface area contributed by atoms with Crippen LogP contribution in [-0.2, 0) is 20.4 Å². The zero-order valence-corrected chi connectivity index (χ0v) is 22.4. The lowest BCUT2D eigenvalue weighted by atomic mass is 10.3. The van der Waals surface area contributed by atoms with Crippen LogP contribution in [0.5, 0.6) is 5.75 Å². The van der Waals surface area contributed by atoms with E-state index in [4.69, 9.17) is 15.2 Å². The van der Waals surface area contributed by atoms with Crippen LogP contribution >= 0.6 is 26.5 Å². The van der Waals surface area contributed by atoms with Crippen molar-refractivity contribution in [1.82, 2.24) is 19.5 Å². The monoisotopic (exact) mass is 623 g/mol. The van der Waals surface area contributed by atoms with Crippen molar-refractivity contribution in [3.8, 4) is 5.75 Å². The lowest BCUT2D eigenvalue weighted by Crippen LogP contribution is -2.27. The molecule has 20 heteroatoms. The minimum Gasteiger partial charge on any atom is -0.497 e. The molecule has 0 bridgehead atoms. The SMILES string of the molecule is COc1ccc(Sc2nc(N)nc3c2ncn3CCOC(P(=O)(O)CC(F)(F)F)P(=O)(O)CC(F)(F)F)cc1. The van der Waals surface area contributed by atoms with E-state index < -0.39 is 58.2 Å². The van der Waals surface area contributed by atoms with Crippen molar-refractivity contribution < 1.29 is 54.7 Å². The fraction of sp³-hybridized carbons (Fsp3) is 0.421. The molecule has 216 valence electrons. The quantitative estimate of drug-likeness (QED) is 0.156. The molecule has 2 heterocycles. The number of aromatic nitrogens is 4. The number of hydrogen-bond donors (Lipinski definition) is 3. The molecule has 2 atom stereocenters. The Kier molecular flexibility index (Phi) is 9.30. The van der Waals surface area contributed by atoms with Crippen LogP contribution in [0.2, 0.25) is 0 Å². The largest absolute Gasteiger partial charge is 0.497 e. The fourth-order valence-corrected chi connectivity index (χ4v) is 9.00. The maximum absolute atomic E-state index is 12.8. The minimum absolute atomic E-state index is 0.101. The summed E-state index contributed by atoms with van der Waals surface area (Å²) in [6.45, 7) is -1.24. The van der Waals surface area contributed by atoms with Gasteiger partial charge in [0, 0.05) is 11.4 Å². The number of halogens is 6. The van der Waals surface area contributed by atoms with E-state index in [1.807, 2.05) is 0 Å². The Hall–Kier alpha value is -2.36. The van der Waals surface area contributed by atoms with E-state index in [9.17, 15) is 45.3 Å². The summed E-state index contributed by atoms with van der Waals surface area (Å²) in [5, 5.41) is 0.315. The van der Waals surface area contributed by atoms with Gasteiger partial charge in [0.2, 0.25) is 26.3 Å². The third-order valence-corrected chi connectivity index (χ3v) is 11.3. The first-order valence-corrected chi connectivity index (χ1v) is 15.2. The molecule has 0 fully saturated rings. The van der Waals surface area contributed by atoms with Gasteiger partial charge in [-0.25, -0.2) is 9.97 Å². The van der Waals surface area contributed by atoms with E-state index in [2.05, 4.69) is 15.0 Å². The molecule has 39 heavy (non-hydrogen) atoms. The van der Waals surface area contributed by atoms with Gasteiger partial charge in [-0.15, -0.1) is 0 Å². The van der Waals surface area contributed by atoms with Crippen molar-refractivity contribution in [1.29, 1.82) is 0 Å². The molecule has 3 rings (SSSR count). The summed E-state index contributed by atoms with van der Waals surface area (Å²) in [5.74, 6) is 0.425.